The lowest BCUT2D eigenvalue weighted by molar-refractivity contribution is -0.145. The molecule has 2 atom stereocenters. The predicted molar refractivity (Wildman–Crippen MR) is 73.9 cm³/mol. The molecular formula is C15H25NO3. The third-order valence-corrected chi connectivity index (χ3v) is 4.05. The molecule has 2 unspecified atom stereocenters. The maximum absolute atomic E-state index is 11.8. The molecule has 0 radical (unpaired) electrons. The highest BCUT2D eigenvalue weighted by Gasteiger charge is 2.30. The molecule has 0 N–H and O–H groups in total. The fourth-order valence-electron chi connectivity index (χ4n) is 3.06. The lowest BCUT2D eigenvalue weighted by atomic mass is 9.85. The topological polar surface area (TPSA) is 38.8 Å². The van der Waals surface area contributed by atoms with Crippen molar-refractivity contribution in [3.05, 3.63) is 12.2 Å². The van der Waals surface area contributed by atoms with Crippen molar-refractivity contribution in [2.24, 2.45) is 5.92 Å². The highest BCUT2D eigenvalue weighted by Crippen LogP contribution is 2.28. The van der Waals surface area contributed by atoms with Gasteiger partial charge in [-0.05, 0) is 32.1 Å². The van der Waals surface area contributed by atoms with Crippen LogP contribution < -0.4 is 0 Å². The van der Waals surface area contributed by atoms with E-state index in [1.807, 2.05) is 6.92 Å². The minimum atomic E-state index is -0.0615. The van der Waals surface area contributed by atoms with Crippen molar-refractivity contribution in [2.45, 2.75) is 38.6 Å². The van der Waals surface area contributed by atoms with Crippen LogP contribution in [0.3, 0.4) is 0 Å². The van der Waals surface area contributed by atoms with Gasteiger partial charge in [-0.15, -0.1) is 0 Å². The van der Waals surface area contributed by atoms with Crippen molar-refractivity contribution in [2.75, 3.05) is 32.9 Å². The average Bonchev–Trinajstić information content (AvgIpc) is 2.47. The molecule has 0 aromatic rings. The summed E-state index contributed by atoms with van der Waals surface area (Å²) in [6.45, 7) is 5.77. The SMILES string of the molecule is CCOC(=O)CC(C1CC=CCC1)N1CCOCC1. The van der Waals surface area contributed by atoms with E-state index >= 15 is 0 Å². The smallest absolute Gasteiger partial charge is 0.307 e. The van der Waals surface area contributed by atoms with Crippen LogP contribution in [0.2, 0.25) is 0 Å². The number of carbonyl (C=O) groups is 1. The fraction of sp³-hybridized carbons (Fsp3) is 0.800. The highest BCUT2D eigenvalue weighted by molar-refractivity contribution is 5.70. The first-order valence-corrected chi connectivity index (χ1v) is 7.43. The summed E-state index contributed by atoms with van der Waals surface area (Å²) < 4.78 is 10.6. The average molecular weight is 267 g/mol. The third-order valence-electron chi connectivity index (χ3n) is 4.05. The van der Waals surface area contributed by atoms with E-state index in [-0.39, 0.29) is 5.97 Å². The van der Waals surface area contributed by atoms with Crippen molar-refractivity contribution < 1.29 is 14.3 Å². The Morgan fingerprint density at radius 1 is 1.42 bits per heavy atom. The predicted octanol–water partition coefficient (Wildman–Crippen LogP) is 2.00. The molecule has 1 saturated heterocycles. The number of hydrogen-bond acceptors (Lipinski definition) is 4. The number of ether oxygens (including phenoxy) is 2. The summed E-state index contributed by atoms with van der Waals surface area (Å²) in [5.41, 5.74) is 0. The third kappa shape index (κ3) is 4.32. The Labute approximate surface area is 115 Å². The standard InChI is InChI=1S/C15H25NO3/c1-2-19-15(17)12-14(13-6-4-3-5-7-13)16-8-10-18-11-9-16/h3-4,13-14H,2,5-12H2,1H3. The van der Waals surface area contributed by atoms with Gasteiger partial charge in [0.15, 0.2) is 0 Å². The Bertz CT molecular complexity index is 311. The molecule has 0 aromatic carbocycles. The van der Waals surface area contributed by atoms with Gasteiger partial charge in [-0.2, -0.15) is 0 Å². The number of carbonyl (C=O) groups excluding carboxylic acids is 1. The lowest BCUT2D eigenvalue weighted by Crippen LogP contribution is -2.48. The van der Waals surface area contributed by atoms with Gasteiger partial charge in [-0.25, -0.2) is 0 Å². The molecule has 1 fully saturated rings. The van der Waals surface area contributed by atoms with Gasteiger partial charge in [-0.1, -0.05) is 12.2 Å². The number of allylic oxidation sites excluding steroid dienone is 2. The van der Waals surface area contributed by atoms with E-state index in [2.05, 4.69) is 17.1 Å². The number of nitrogens with zero attached hydrogens (tertiary/aromatic N) is 1. The van der Waals surface area contributed by atoms with Crippen LogP contribution in [-0.4, -0.2) is 49.8 Å². The van der Waals surface area contributed by atoms with Crippen molar-refractivity contribution in [1.29, 1.82) is 0 Å². The van der Waals surface area contributed by atoms with E-state index < -0.39 is 0 Å². The second-order valence-electron chi connectivity index (χ2n) is 5.27. The molecule has 0 aromatic heterocycles. The zero-order chi connectivity index (χ0) is 13.5. The van der Waals surface area contributed by atoms with Crippen LogP contribution in [0.1, 0.15) is 32.6 Å². The van der Waals surface area contributed by atoms with E-state index in [1.54, 1.807) is 0 Å². The lowest BCUT2D eigenvalue weighted by Gasteiger charge is -2.39. The minimum Gasteiger partial charge on any atom is -0.466 e. The van der Waals surface area contributed by atoms with Gasteiger partial charge in [-0.3, -0.25) is 9.69 Å². The number of rotatable bonds is 5. The molecule has 2 rings (SSSR count). The largest absolute Gasteiger partial charge is 0.466 e. The highest BCUT2D eigenvalue weighted by atomic mass is 16.5. The Balaban J connectivity index is 1.98. The fourth-order valence-corrected chi connectivity index (χ4v) is 3.06. The molecule has 19 heavy (non-hydrogen) atoms. The van der Waals surface area contributed by atoms with Crippen LogP contribution in [-0.2, 0) is 14.3 Å². The maximum Gasteiger partial charge on any atom is 0.307 e. The maximum atomic E-state index is 11.8. The van der Waals surface area contributed by atoms with Crippen LogP contribution >= 0.6 is 0 Å². The Kier molecular flexibility index (Phi) is 5.86. The summed E-state index contributed by atoms with van der Waals surface area (Å²) in [6, 6.07) is 0.313. The van der Waals surface area contributed by atoms with Gasteiger partial charge in [0.2, 0.25) is 0 Å². The van der Waals surface area contributed by atoms with E-state index in [1.165, 1.54) is 6.42 Å². The first-order chi connectivity index (χ1) is 9.31. The van der Waals surface area contributed by atoms with E-state index in [4.69, 9.17) is 9.47 Å². The van der Waals surface area contributed by atoms with Crippen molar-refractivity contribution >= 4 is 5.97 Å². The Hall–Kier alpha value is -0.870. The normalized spacial score (nSPS) is 26.1. The van der Waals surface area contributed by atoms with E-state index in [0.717, 1.165) is 39.1 Å². The minimum absolute atomic E-state index is 0.0615. The molecule has 0 bridgehead atoms. The summed E-state index contributed by atoms with van der Waals surface area (Å²) in [4.78, 5) is 14.3. The van der Waals surface area contributed by atoms with Gasteiger partial charge in [0.25, 0.3) is 0 Å². The Morgan fingerprint density at radius 2 is 2.21 bits per heavy atom. The summed E-state index contributed by atoms with van der Waals surface area (Å²) in [5.74, 6) is 0.515. The van der Waals surface area contributed by atoms with Crippen molar-refractivity contribution in [3.8, 4) is 0 Å². The van der Waals surface area contributed by atoms with Crippen molar-refractivity contribution in [3.63, 3.8) is 0 Å². The number of morpholine rings is 1. The van der Waals surface area contributed by atoms with Crippen LogP contribution in [0, 0.1) is 5.92 Å². The molecule has 0 amide bonds. The van der Waals surface area contributed by atoms with E-state index in [0.29, 0.717) is 25.0 Å². The molecule has 0 spiro atoms. The van der Waals surface area contributed by atoms with Gasteiger partial charge in [0.1, 0.15) is 0 Å². The van der Waals surface area contributed by atoms with Crippen LogP contribution in [0.4, 0.5) is 0 Å². The molecular weight excluding hydrogens is 242 g/mol. The van der Waals surface area contributed by atoms with Gasteiger partial charge in [0, 0.05) is 19.1 Å². The van der Waals surface area contributed by atoms with Crippen LogP contribution in [0.25, 0.3) is 0 Å². The van der Waals surface area contributed by atoms with Crippen LogP contribution in [0.15, 0.2) is 12.2 Å². The second-order valence-corrected chi connectivity index (χ2v) is 5.27. The van der Waals surface area contributed by atoms with Crippen LogP contribution in [0.5, 0.6) is 0 Å². The molecule has 1 aliphatic heterocycles. The summed E-state index contributed by atoms with van der Waals surface area (Å²) in [5, 5.41) is 0. The molecule has 2 aliphatic rings. The quantitative estimate of drug-likeness (QED) is 0.564. The summed E-state index contributed by atoms with van der Waals surface area (Å²) in [6.07, 6.45) is 8.42. The summed E-state index contributed by atoms with van der Waals surface area (Å²) >= 11 is 0. The molecule has 1 aliphatic carbocycles. The molecule has 4 heteroatoms. The first kappa shape index (κ1) is 14.5. The molecule has 108 valence electrons. The zero-order valence-electron chi connectivity index (χ0n) is 11.8. The van der Waals surface area contributed by atoms with Gasteiger partial charge in [0.05, 0.1) is 26.2 Å². The zero-order valence-corrected chi connectivity index (χ0v) is 11.8. The first-order valence-electron chi connectivity index (χ1n) is 7.43. The second kappa shape index (κ2) is 7.65. The number of hydrogen-bond donors (Lipinski definition) is 0. The molecule has 4 nitrogen and oxygen atoms in total. The number of esters is 1. The summed E-state index contributed by atoms with van der Waals surface area (Å²) in [7, 11) is 0. The van der Waals surface area contributed by atoms with Gasteiger partial charge >= 0.3 is 5.97 Å². The molecule has 0 saturated carbocycles. The van der Waals surface area contributed by atoms with Gasteiger partial charge < -0.3 is 9.47 Å². The Morgan fingerprint density at radius 3 is 2.84 bits per heavy atom. The van der Waals surface area contributed by atoms with Crippen molar-refractivity contribution in [1.82, 2.24) is 4.90 Å². The monoisotopic (exact) mass is 267 g/mol. The molecule has 1 heterocycles. The van der Waals surface area contributed by atoms with E-state index in [9.17, 15) is 4.79 Å².